The van der Waals surface area contributed by atoms with Crippen LogP contribution in [0.2, 0.25) is 0 Å². The summed E-state index contributed by atoms with van der Waals surface area (Å²) >= 11 is 3.30. The van der Waals surface area contributed by atoms with E-state index >= 15 is 0 Å². The summed E-state index contributed by atoms with van der Waals surface area (Å²) in [4.78, 5) is 0.191. The summed E-state index contributed by atoms with van der Waals surface area (Å²) in [5, 5.41) is 15.9. The van der Waals surface area contributed by atoms with E-state index in [2.05, 4.69) is 41.3 Å². The Bertz CT molecular complexity index is 1300. The molecule has 158 valence electrons. The molecule has 2 aromatic heterocycles. The molecule has 2 aromatic carbocycles. The average Bonchev–Trinajstić information content (AvgIpc) is 3.08. The molecule has 0 fully saturated rings. The summed E-state index contributed by atoms with van der Waals surface area (Å²) in [6.07, 6.45) is 0. The van der Waals surface area contributed by atoms with Crippen LogP contribution in [0.25, 0.3) is 5.82 Å². The Morgan fingerprint density at radius 1 is 0.871 bits per heavy atom. The Hall–Kier alpha value is -3.24. The van der Waals surface area contributed by atoms with Gasteiger partial charge >= 0.3 is 0 Å². The zero-order valence-electron chi connectivity index (χ0n) is 16.7. The van der Waals surface area contributed by atoms with Crippen LogP contribution in [-0.2, 0) is 10.0 Å². The molecule has 0 aliphatic rings. The highest BCUT2D eigenvalue weighted by Gasteiger charge is 2.14. The predicted octanol–water partition coefficient (Wildman–Crippen LogP) is 4.59. The second-order valence-corrected chi connectivity index (χ2v) is 9.48. The molecule has 31 heavy (non-hydrogen) atoms. The topological polar surface area (TPSA) is 102 Å². The molecule has 4 rings (SSSR count). The summed E-state index contributed by atoms with van der Waals surface area (Å²) in [5.74, 6) is 1.20. The molecule has 2 heterocycles. The van der Waals surface area contributed by atoms with Crippen molar-refractivity contribution >= 4 is 43.1 Å². The first-order valence-electron chi connectivity index (χ1n) is 9.33. The molecule has 0 bridgehead atoms. The smallest absolute Gasteiger partial charge is 0.261 e. The van der Waals surface area contributed by atoms with Crippen LogP contribution in [-0.4, -0.2) is 28.4 Å². The lowest BCUT2D eigenvalue weighted by molar-refractivity contribution is 0.601. The molecule has 2 N–H and O–H groups in total. The lowest BCUT2D eigenvalue weighted by Gasteiger charge is -2.10. The summed E-state index contributed by atoms with van der Waals surface area (Å²) in [5.41, 5.74) is 3.10. The molecule has 0 saturated heterocycles. The van der Waals surface area contributed by atoms with E-state index in [9.17, 15) is 8.42 Å². The van der Waals surface area contributed by atoms with Gasteiger partial charge in [0.1, 0.15) is 0 Å². The van der Waals surface area contributed by atoms with Gasteiger partial charge in [0.05, 0.1) is 10.6 Å². The van der Waals surface area contributed by atoms with E-state index < -0.39 is 10.0 Å². The Kier molecular flexibility index (Phi) is 5.75. The maximum atomic E-state index is 12.5. The van der Waals surface area contributed by atoms with Crippen molar-refractivity contribution in [1.82, 2.24) is 20.0 Å². The molecule has 8 nitrogen and oxygen atoms in total. The second kappa shape index (κ2) is 8.48. The van der Waals surface area contributed by atoms with Gasteiger partial charge in [-0.2, -0.15) is 5.10 Å². The normalized spacial score (nSPS) is 11.3. The van der Waals surface area contributed by atoms with Crippen LogP contribution in [0.15, 0.2) is 76.1 Å². The number of aromatic nitrogens is 4. The fourth-order valence-corrected chi connectivity index (χ4v) is 4.29. The minimum Gasteiger partial charge on any atom is -0.339 e. The van der Waals surface area contributed by atoms with E-state index in [0.717, 1.165) is 21.5 Å². The van der Waals surface area contributed by atoms with E-state index in [4.69, 9.17) is 0 Å². The molecular formula is C21H19BrN6O2S. The van der Waals surface area contributed by atoms with Crippen molar-refractivity contribution in [3.63, 3.8) is 0 Å². The number of nitrogens with one attached hydrogen (secondary N) is 2. The fraction of sp³-hybridized carbons (Fsp3) is 0.0952. The van der Waals surface area contributed by atoms with E-state index in [1.807, 2.05) is 32.0 Å². The van der Waals surface area contributed by atoms with Crippen molar-refractivity contribution in [1.29, 1.82) is 0 Å². The molecule has 0 amide bonds. The van der Waals surface area contributed by atoms with Crippen LogP contribution < -0.4 is 10.0 Å². The van der Waals surface area contributed by atoms with Gasteiger partial charge in [-0.3, -0.25) is 4.72 Å². The van der Waals surface area contributed by atoms with Crippen LogP contribution in [0.3, 0.4) is 0 Å². The third-order valence-electron chi connectivity index (χ3n) is 4.41. The molecular weight excluding hydrogens is 480 g/mol. The van der Waals surface area contributed by atoms with E-state index in [1.165, 1.54) is 12.1 Å². The van der Waals surface area contributed by atoms with Gasteiger partial charge < -0.3 is 5.32 Å². The highest BCUT2D eigenvalue weighted by molar-refractivity contribution is 9.10. The zero-order valence-corrected chi connectivity index (χ0v) is 19.1. The van der Waals surface area contributed by atoms with Gasteiger partial charge in [0.25, 0.3) is 10.0 Å². The van der Waals surface area contributed by atoms with Gasteiger partial charge in [0.2, 0.25) is 0 Å². The molecule has 0 unspecified atom stereocenters. The van der Waals surface area contributed by atoms with Crippen LogP contribution in [0.1, 0.15) is 11.4 Å². The number of halogens is 1. The third kappa shape index (κ3) is 4.92. The zero-order chi connectivity index (χ0) is 22.0. The number of rotatable bonds is 6. The number of sulfonamides is 1. The van der Waals surface area contributed by atoms with Crippen LogP contribution in [0.5, 0.6) is 0 Å². The van der Waals surface area contributed by atoms with E-state index in [-0.39, 0.29) is 4.90 Å². The average molecular weight is 499 g/mol. The largest absolute Gasteiger partial charge is 0.339 e. The molecule has 0 spiro atoms. The van der Waals surface area contributed by atoms with Gasteiger partial charge in [-0.15, -0.1) is 10.2 Å². The molecule has 0 saturated carbocycles. The number of benzene rings is 2. The first kappa shape index (κ1) is 21.0. The lowest BCUT2D eigenvalue weighted by Crippen LogP contribution is -2.12. The summed E-state index contributed by atoms with van der Waals surface area (Å²) in [6, 6.07) is 18.9. The molecule has 0 radical (unpaired) electrons. The maximum Gasteiger partial charge on any atom is 0.261 e. The van der Waals surface area contributed by atoms with Gasteiger partial charge in [0.15, 0.2) is 11.6 Å². The predicted molar refractivity (Wildman–Crippen MR) is 123 cm³/mol. The van der Waals surface area contributed by atoms with Crippen molar-refractivity contribution in [3.8, 4) is 5.82 Å². The van der Waals surface area contributed by atoms with Crippen LogP contribution in [0.4, 0.5) is 17.2 Å². The number of hydrogen-bond acceptors (Lipinski definition) is 6. The highest BCUT2D eigenvalue weighted by Crippen LogP contribution is 2.21. The molecule has 4 aromatic rings. The number of hydrogen-bond donors (Lipinski definition) is 2. The number of aryl methyl sites for hydroxylation is 2. The minimum atomic E-state index is -3.66. The summed E-state index contributed by atoms with van der Waals surface area (Å²) in [7, 11) is -3.66. The second-order valence-electron chi connectivity index (χ2n) is 6.88. The molecule has 10 heteroatoms. The quantitative estimate of drug-likeness (QED) is 0.403. The van der Waals surface area contributed by atoms with Crippen molar-refractivity contribution in [2.45, 2.75) is 18.7 Å². The minimum absolute atomic E-state index is 0.191. The van der Waals surface area contributed by atoms with E-state index in [1.54, 1.807) is 41.1 Å². The Morgan fingerprint density at radius 3 is 2.13 bits per heavy atom. The maximum absolute atomic E-state index is 12.5. The Morgan fingerprint density at radius 2 is 1.55 bits per heavy atom. The van der Waals surface area contributed by atoms with Gasteiger partial charge in [0, 0.05) is 21.5 Å². The van der Waals surface area contributed by atoms with Crippen molar-refractivity contribution in [2.75, 3.05) is 10.0 Å². The van der Waals surface area contributed by atoms with Crippen LogP contribution >= 0.6 is 15.9 Å². The van der Waals surface area contributed by atoms with E-state index in [0.29, 0.717) is 17.3 Å². The first-order valence-corrected chi connectivity index (χ1v) is 11.6. The van der Waals surface area contributed by atoms with Gasteiger partial charge in [-0.25, -0.2) is 13.1 Å². The standard InChI is InChI=1S/C21H19BrN6O2S/c1-14-13-15(2)28(26-14)21-12-11-20(24-25-21)23-17-5-7-18(8-6-17)27-31(29,30)19-9-3-16(22)4-10-19/h3-13,27H,1-2H3,(H,23,24). The SMILES string of the molecule is Cc1cc(C)n(-c2ccc(Nc3ccc(NS(=O)(=O)c4ccc(Br)cc4)cc3)nn2)n1. The van der Waals surface area contributed by atoms with Crippen LogP contribution in [0, 0.1) is 13.8 Å². The molecule has 0 atom stereocenters. The van der Waals surface area contributed by atoms with Crippen molar-refractivity contribution < 1.29 is 8.42 Å². The van der Waals surface area contributed by atoms with Gasteiger partial charge in [-0.05, 0) is 80.6 Å². The fourth-order valence-electron chi connectivity index (χ4n) is 2.96. The van der Waals surface area contributed by atoms with Crippen molar-refractivity contribution in [2.24, 2.45) is 0 Å². The number of nitrogens with zero attached hydrogens (tertiary/aromatic N) is 4. The lowest BCUT2D eigenvalue weighted by atomic mass is 10.3. The Labute approximate surface area is 188 Å². The highest BCUT2D eigenvalue weighted by atomic mass is 79.9. The number of anilines is 3. The van der Waals surface area contributed by atoms with Gasteiger partial charge in [-0.1, -0.05) is 15.9 Å². The molecule has 0 aliphatic heterocycles. The summed E-state index contributed by atoms with van der Waals surface area (Å²) in [6.45, 7) is 3.88. The summed E-state index contributed by atoms with van der Waals surface area (Å²) < 4.78 is 30.1. The Balaban J connectivity index is 1.44. The molecule has 0 aliphatic carbocycles. The first-order chi connectivity index (χ1) is 14.8. The third-order valence-corrected chi connectivity index (χ3v) is 6.34. The van der Waals surface area contributed by atoms with Crippen molar-refractivity contribution in [3.05, 3.63) is 82.6 Å². The monoisotopic (exact) mass is 498 g/mol.